The smallest absolute Gasteiger partial charge is 0.265 e. The van der Waals surface area contributed by atoms with Gasteiger partial charge in [-0.1, -0.05) is 0 Å². The number of halogens is 16. The number of alkyl halides is 16. The Labute approximate surface area is 129 Å². The third-order valence-electron chi connectivity index (χ3n) is 3.88. The van der Waals surface area contributed by atoms with E-state index in [9.17, 15) is 70.2 Å². The molecule has 1 aliphatic carbocycles. The van der Waals surface area contributed by atoms with Crippen LogP contribution in [0, 0.1) is 0 Å². The summed E-state index contributed by atoms with van der Waals surface area (Å²) in [6.07, 6.45) is -6.06. The van der Waals surface area contributed by atoms with Gasteiger partial charge in [-0.2, -0.15) is 65.9 Å². The van der Waals surface area contributed by atoms with Gasteiger partial charge < -0.3 is 0 Å². The number of epoxide rings is 1. The van der Waals surface area contributed by atoms with E-state index in [-0.39, 0.29) is 0 Å². The summed E-state index contributed by atoms with van der Waals surface area (Å²) in [4.78, 5) is 0. The zero-order chi connectivity index (χ0) is 21.2. The van der Waals surface area contributed by atoms with Crippen molar-refractivity contribution in [1.29, 1.82) is 0 Å². The average molecular weight is 428 g/mol. The van der Waals surface area contributed by atoms with Crippen molar-refractivity contribution < 1.29 is 75.0 Å². The second-order valence-electron chi connectivity index (χ2n) is 5.32. The lowest BCUT2D eigenvalue weighted by Gasteiger charge is -2.54. The molecule has 0 spiro atoms. The molecule has 0 aromatic rings. The Bertz CT molecular complexity index is 592. The highest BCUT2D eigenvalue weighted by atomic mass is 19.4. The molecule has 1 heterocycles. The van der Waals surface area contributed by atoms with Crippen molar-refractivity contribution in [2.75, 3.05) is 0 Å². The maximum atomic E-state index is 13.9. The third-order valence-corrected chi connectivity index (χ3v) is 3.88. The SMILES string of the molecule is FC1(F)OC1(F)C(F)(F)C1(F)C(F)(F)C(F)(F)C(F)(F)C(F)(F)C1(F)F. The van der Waals surface area contributed by atoms with Gasteiger partial charge in [0.15, 0.2) is 0 Å². The van der Waals surface area contributed by atoms with Gasteiger partial charge in [0.25, 0.3) is 0 Å². The fourth-order valence-corrected chi connectivity index (χ4v) is 2.24. The van der Waals surface area contributed by atoms with E-state index in [0.29, 0.717) is 0 Å². The minimum absolute atomic E-state index is 2.12. The molecule has 1 saturated carbocycles. The number of hydrogen-bond donors (Lipinski definition) is 0. The van der Waals surface area contributed by atoms with Gasteiger partial charge in [0, 0.05) is 0 Å². The van der Waals surface area contributed by atoms with Crippen LogP contribution in [0.3, 0.4) is 0 Å². The number of hydrogen-bond acceptors (Lipinski definition) is 1. The van der Waals surface area contributed by atoms with Crippen molar-refractivity contribution in [3.8, 4) is 0 Å². The summed E-state index contributed by atoms with van der Waals surface area (Å²) < 4.78 is 212. The lowest BCUT2D eigenvalue weighted by molar-refractivity contribution is -0.511. The third kappa shape index (κ3) is 1.55. The van der Waals surface area contributed by atoms with Gasteiger partial charge in [-0.05, 0) is 0 Å². The molecule has 0 aromatic heterocycles. The number of rotatable bonds is 2. The molecule has 0 radical (unpaired) electrons. The van der Waals surface area contributed by atoms with Crippen molar-refractivity contribution in [3.05, 3.63) is 0 Å². The molecule has 1 saturated heterocycles. The first-order valence-corrected chi connectivity index (χ1v) is 5.68. The van der Waals surface area contributed by atoms with Gasteiger partial charge in [0.1, 0.15) is 0 Å². The Morgan fingerprint density at radius 3 is 0.923 bits per heavy atom. The first-order valence-electron chi connectivity index (χ1n) is 5.68. The van der Waals surface area contributed by atoms with E-state index in [4.69, 9.17) is 0 Å². The topological polar surface area (TPSA) is 12.5 Å². The predicted octanol–water partition coefficient (Wildman–Crippen LogP) is 4.81. The van der Waals surface area contributed by atoms with Gasteiger partial charge in [0.2, 0.25) is 0 Å². The van der Waals surface area contributed by atoms with Crippen LogP contribution in [-0.4, -0.2) is 53.2 Å². The highest BCUT2D eigenvalue weighted by Gasteiger charge is 3.09. The van der Waals surface area contributed by atoms with Gasteiger partial charge in [-0.3, -0.25) is 4.74 Å². The maximum absolute atomic E-state index is 13.9. The normalized spacial score (nSPS) is 37.8. The molecule has 154 valence electrons. The molecular weight excluding hydrogens is 428 g/mol. The summed E-state index contributed by atoms with van der Waals surface area (Å²) in [5.41, 5.74) is -8.27. The van der Waals surface area contributed by atoms with E-state index in [1.807, 2.05) is 0 Å². The zero-order valence-corrected chi connectivity index (χ0v) is 11.0. The van der Waals surface area contributed by atoms with E-state index in [1.54, 1.807) is 0 Å². The van der Waals surface area contributed by atoms with E-state index >= 15 is 0 Å². The summed E-state index contributed by atoms with van der Waals surface area (Å²) in [7, 11) is 0. The van der Waals surface area contributed by atoms with Crippen LogP contribution in [0.25, 0.3) is 0 Å². The van der Waals surface area contributed by atoms with E-state index in [1.165, 1.54) is 0 Å². The molecule has 26 heavy (non-hydrogen) atoms. The predicted molar refractivity (Wildman–Crippen MR) is 43.4 cm³/mol. The van der Waals surface area contributed by atoms with Crippen LogP contribution >= 0.6 is 0 Å². The Kier molecular flexibility index (Phi) is 3.49. The molecule has 1 atom stereocenters. The molecular formula is C9F16O. The Morgan fingerprint density at radius 2 is 0.692 bits per heavy atom. The first kappa shape index (κ1) is 21.1. The van der Waals surface area contributed by atoms with Crippen LogP contribution < -0.4 is 0 Å². The average Bonchev–Trinajstić information content (AvgIpc) is 2.96. The van der Waals surface area contributed by atoms with Crippen molar-refractivity contribution in [2.45, 2.75) is 53.2 Å². The lowest BCUT2D eigenvalue weighted by Crippen LogP contribution is -2.88. The molecule has 0 amide bonds. The van der Waals surface area contributed by atoms with Gasteiger partial charge in [-0.25, -0.2) is 4.39 Å². The summed E-state index contributed by atoms with van der Waals surface area (Å²) in [6, 6.07) is 0. The van der Waals surface area contributed by atoms with E-state index in [0.717, 1.165) is 0 Å². The summed E-state index contributed by atoms with van der Waals surface area (Å²) in [6.45, 7) is 0. The monoisotopic (exact) mass is 428 g/mol. The molecule has 2 fully saturated rings. The first-order chi connectivity index (χ1) is 11.0. The van der Waals surface area contributed by atoms with Crippen molar-refractivity contribution in [1.82, 2.24) is 0 Å². The number of ether oxygens (including phenoxy) is 1. The lowest BCUT2D eigenvalue weighted by atomic mass is 9.68. The zero-order valence-electron chi connectivity index (χ0n) is 11.0. The van der Waals surface area contributed by atoms with Gasteiger partial charge >= 0.3 is 53.2 Å². The second kappa shape index (κ2) is 4.29. The quantitative estimate of drug-likeness (QED) is 0.455. The Hall–Kier alpha value is -1.16. The molecule has 0 aromatic carbocycles. The maximum Gasteiger partial charge on any atom is 0.424 e. The summed E-state index contributed by atoms with van der Waals surface area (Å²) in [5, 5.41) is 0. The minimum Gasteiger partial charge on any atom is -0.265 e. The Balaban J connectivity index is 2.90. The van der Waals surface area contributed by atoms with Crippen molar-refractivity contribution in [3.63, 3.8) is 0 Å². The van der Waals surface area contributed by atoms with Gasteiger partial charge in [-0.15, -0.1) is 0 Å². The van der Waals surface area contributed by atoms with Crippen LogP contribution in [0.15, 0.2) is 0 Å². The fraction of sp³-hybridized carbons (Fsp3) is 1.00. The van der Waals surface area contributed by atoms with Crippen LogP contribution in [-0.2, 0) is 4.74 Å². The molecule has 1 unspecified atom stereocenters. The van der Waals surface area contributed by atoms with Crippen LogP contribution in [0.5, 0.6) is 0 Å². The molecule has 17 heteroatoms. The standard InChI is InChI=1S/C9F16O/c10-1(4(15,16)8(23)9(24,25)26-8)2(11,12)5(17,18)7(21,22)6(19,20)3(1,13)14. The molecule has 0 bridgehead atoms. The molecule has 2 rings (SSSR count). The molecule has 1 nitrogen and oxygen atoms in total. The second-order valence-corrected chi connectivity index (χ2v) is 5.32. The summed E-state index contributed by atoms with van der Waals surface area (Å²) in [5.74, 6) is -54.6. The van der Waals surface area contributed by atoms with Crippen LogP contribution in [0.2, 0.25) is 0 Å². The van der Waals surface area contributed by atoms with Gasteiger partial charge in [0.05, 0.1) is 0 Å². The largest absolute Gasteiger partial charge is 0.424 e. The fourth-order valence-electron chi connectivity index (χ4n) is 2.24. The highest BCUT2D eigenvalue weighted by Crippen LogP contribution is 2.76. The summed E-state index contributed by atoms with van der Waals surface area (Å²) >= 11 is 0. The molecule has 0 N–H and O–H groups in total. The van der Waals surface area contributed by atoms with Crippen molar-refractivity contribution >= 4 is 0 Å². The highest BCUT2D eigenvalue weighted by molar-refractivity contribution is 5.33. The van der Waals surface area contributed by atoms with Crippen LogP contribution in [0.4, 0.5) is 70.2 Å². The molecule has 2 aliphatic rings. The van der Waals surface area contributed by atoms with E-state index in [2.05, 4.69) is 4.74 Å². The van der Waals surface area contributed by atoms with E-state index < -0.39 is 53.2 Å². The minimum atomic E-state index is -8.27. The molecule has 1 aliphatic heterocycles. The van der Waals surface area contributed by atoms with Crippen LogP contribution in [0.1, 0.15) is 0 Å². The Morgan fingerprint density at radius 1 is 0.462 bits per heavy atom. The van der Waals surface area contributed by atoms with Crippen molar-refractivity contribution in [2.24, 2.45) is 0 Å².